The van der Waals surface area contributed by atoms with Crippen molar-refractivity contribution in [2.75, 3.05) is 5.75 Å². The van der Waals surface area contributed by atoms with E-state index in [1.807, 2.05) is 24.3 Å². The number of oxazole rings is 1. The van der Waals surface area contributed by atoms with Crippen molar-refractivity contribution in [2.45, 2.75) is 24.5 Å². The lowest BCUT2D eigenvalue weighted by atomic mass is 10.3. The van der Waals surface area contributed by atoms with Crippen LogP contribution in [0.15, 0.2) is 33.9 Å². The van der Waals surface area contributed by atoms with Crippen LogP contribution in [0.3, 0.4) is 0 Å². The van der Waals surface area contributed by atoms with Crippen LogP contribution in [0.4, 0.5) is 0 Å². The number of nitrogens with zero attached hydrogens (tertiary/aromatic N) is 3. The molecule has 0 atom stereocenters. The van der Waals surface area contributed by atoms with E-state index in [1.54, 1.807) is 4.91 Å². The van der Waals surface area contributed by atoms with Crippen molar-refractivity contribution < 1.29 is 14.3 Å². The van der Waals surface area contributed by atoms with Crippen LogP contribution in [0.1, 0.15) is 19.3 Å². The number of carbonyl (C=O) groups is 1. The van der Waals surface area contributed by atoms with E-state index >= 15 is 0 Å². The van der Waals surface area contributed by atoms with Crippen molar-refractivity contribution in [3.05, 3.63) is 34.7 Å². The predicted molar refractivity (Wildman–Crippen MR) is 75.7 cm³/mol. The zero-order valence-corrected chi connectivity index (χ0v) is 11.5. The lowest BCUT2D eigenvalue weighted by Gasteiger charge is -1.95. The summed E-state index contributed by atoms with van der Waals surface area (Å²) in [5.41, 5.74) is 13.9. The number of thioether (sulfide) groups is 1. The molecule has 2 N–H and O–H groups in total. The molecule has 8 heteroatoms. The topological polar surface area (TPSA) is 124 Å². The number of nitrogens with one attached hydrogen (secondary N) is 1. The van der Waals surface area contributed by atoms with E-state index in [9.17, 15) is 4.79 Å². The minimum absolute atomic E-state index is 0.230. The zero-order chi connectivity index (χ0) is 14.8. The highest BCUT2D eigenvalue weighted by molar-refractivity contribution is 7.99. The number of carboxylic acids is 1. The molecule has 1 aromatic heterocycles. The summed E-state index contributed by atoms with van der Waals surface area (Å²) >= 11 is 1.53. The monoisotopic (exact) mass is 294 g/mol. The highest BCUT2D eigenvalue weighted by atomic mass is 32.2. The molecule has 0 fully saturated rings. The first-order valence-corrected chi connectivity index (χ1v) is 6.87. The van der Waals surface area contributed by atoms with E-state index in [1.165, 1.54) is 11.8 Å². The number of aliphatic carboxylic acids is 1. The highest BCUT2D eigenvalue weighted by Crippen LogP contribution is 2.23. The Morgan fingerprint density at radius 1 is 1.45 bits per heavy atom. The van der Waals surface area contributed by atoms with Crippen molar-refractivity contribution in [3.63, 3.8) is 0 Å². The maximum Gasteiger partial charge on any atom is 0.303 e. The standard InChI is InChI=1S/C12H13NO3S.HN3/c14-11(15)7-3-4-8-17-12-13-9-5-1-2-6-10(9)16-12;1-3-2/h1-2,5-6H,3-4,7-8H2,(H,14,15);1H. The molecule has 0 radical (unpaired) electrons. The van der Waals surface area contributed by atoms with E-state index in [4.69, 9.17) is 20.6 Å². The molecule has 7 nitrogen and oxygen atoms in total. The Balaban J connectivity index is 0.000000612. The average molecular weight is 294 g/mol. The number of hydrogen-bond donors (Lipinski definition) is 2. The number of rotatable bonds is 6. The fraction of sp³-hybridized carbons (Fsp3) is 0.333. The summed E-state index contributed by atoms with van der Waals surface area (Å²) in [6, 6.07) is 7.63. The number of carboxylic acid groups (broad SMARTS) is 1. The Morgan fingerprint density at radius 2 is 2.15 bits per heavy atom. The Bertz CT molecular complexity index is 560. The van der Waals surface area contributed by atoms with E-state index < -0.39 is 5.97 Å². The number of fused-ring (bicyclic) bond motifs is 1. The first-order chi connectivity index (χ1) is 9.67. The van der Waals surface area contributed by atoms with Gasteiger partial charge in [0.15, 0.2) is 5.58 Å². The van der Waals surface area contributed by atoms with E-state index in [-0.39, 0.29) is 6.42 Å². The SMILES string of the molecule is O=C(O)CCCCSc1nc2ccccc2o1.[N-]=[N+]=N. The summed E-state index contributed by atoms with van der Waals surface area (Å²) in [5.74, 6) is 0.0944. The Labute approximate surface area is 119 Å². The van der Waals surface area contributed by atoms with Gasteiger partial charge in [0.1, 0.15) is 5.52 Å². The molecular weight excluding hydrogens is 280 g/mol. The van der Waals surface area contributed by atoms with Gasteiger partial charge in [0.05, 0.1) is 0 Å². The third-order valence-corrected chi connectivity index (χ3v) is 3.20. The maximum atomic E-state index is 10.3. The highest BCUT2D eigenvalue weighted by Gasteiger charge is 2.05. The first kappa shape index (κ1) is 15.9. The minimum atomic E-state index is -0.739. The molecule has 0 aliphatic carbocycles. The molecule has 106 valence electrons. The second kappa shape index (κ2) is 8.84. The summed E-state index contributed by atoms with van der Waals surface area (Å²) < 4.78 is 5.53. The van der Waals surface area contributed by atoms with Crippen molar-refractivity contribution in [1.82, 2.24) is 4.98 Å². The smallest absolute Gasteiger partial charge is 0.303 e. The molecule has 2 rings (SSSR count). The van der Waals surface area contributed by atoms with Crippen molar-refractivity contribution in [2.24, 2.45) is 0 Å². The van der Waals surface area contributed by atoms with Crippen molar-refractivity contribution >= 4 is 28.8 Å². The molecule has 20 heavy (non-hydrogen) atoms. The number of hydrogen-bond acceptors (Lipinski definition) is 5. The van der Waals surface area contributed by atoms with Gasteiger partial charge in [-0.3, -0.25) is 4.79 Å². The maximum absolute atomic E-state index is 10.3. The van der Waals surface area contributed by atoms with Crippen molar-refractivity contribution in [3.8, 4) is 0 Å². The van der Waals surface area contributed by atoms with Crippen LogP contribution in [-0.4, -0.2) is 21.8 Å². The first-order valence-electron chi connectivity index (χ1n) is 5.88. The number of para-hydroxylation sites is 2. The van der Waals surface area contributed by atoms with E-state index in [0.717, 1.165) is 23.3 Å². The number of unbranched alkanes of at least 4 members (excludes halogenated alkanes) is 1. The quantitative estimate of drug-likeness (QED) is 0.273. The molecule has 1 heterocycles. The second-order valence-corrected chi connectivity index (χ2v) is 4.79. The molecular formula is C12H14N4O3S. The Hall–Kier alpha value is -2.18. The van der Waals surface area contributed by atoms with Gasteiger partial charge in [-0.15, -0.1) is 5.53 Å². The van der Waals surface area contributed by atoms with E-state index in [2.05, 4.69) is 4.98 Å². The summed E-state index contributed by atoms with van der Waals surface area (Å²) in [7, 11) is 0. The lowest BCUT2D eigenvalue weighted by molar-refractivity contribution is -0.137. The zero-order valence-electron chi connectivity index (χ0n) is 10.7. The van der Waals surface area contributed by atoms with Crippen LogP contribution in [0, 0.1) is 5.53 Å². The summed E-state index contributed by atoms with van der Waals surface area (Å²) in [4.78, 5) is 16.4. The number of benzene rings is 1. The molecule has 0 saturated carbocycles. The van der Waals surface area contributed by atoms with Crippen LogP contribution in [-0.2, 0) is 4.79 Å². The van der Waals surface area contributed by atoms with E-state index in [0.29, 0.717) is 11.6 Å². The molecule has 0 aliphatic rings. The summed E-state index contributed by atoms with van der Waals surface area (Å²) in [5, 5.41) is 9.14. The van der Waals surface area contributed by atoms with Gasteiger partial charge >= 0.3 is 5.97 Å². The van der Waals surface area contributed by atoms with Crippen LogP contribution < -0.4 is 0 Å². The summed E-state index contributed by atoms with van der Waals surface area (Å²) in [6.07, 6.45) is 1.78. The molecule has 0 unspecified atom stereocenters. The van der Waals surface area contributed by atoms with Crippen LogP contribution >= 0.6 is 11.8 Å². The van der Waals surface area contributed by atoms with Crippen LogP contribution in [0.2, 0.25) is 0 Å². The normalized spacial score (nSPS) is 9.60. The Kier molecular flexibility index (Phi) is 7.02. The van der Waals surface area contributed by atoms with Crippen LogP contribution in [0.25, 0.3) is 21.5 Å². The van der Waals surface area contributed by atoms with Gasteiger partial charge in [0, 0.05) is 12.2 Å². The van der Waals surface area contributed by atoms with Gasteiger partial charge in [0.25, 0.3) is 5.22 Å². The molecule has 0 amide bonds. The summed E-state index contributed by atoms with van der Waals surface area (Å²) in [6.45, 7) is 0. The molecule has 0 bridgehead atoms. The third kappa shape index (κ3) is 5.64. The average Bonchev–Trinajstić information content (AvgIpc) is 2.81. The van der Waals surface area contributed by atoms with Gasteiger partial charge in [0.2, 0.25) is 0 Å². The van der Waals surface area contributed by atoms with Crippen molar-refractivity contribution in [1.29, 1.82) is 5.53 Å². The van der Waals surface area contributed by atoms with Gasteiger partial charge in [-0.05, 0) is 35.4 Å². The molecule has 1 aromatic carbocycles. The molecule has 2 aromatic rings. The number of aromatic nitrogens is 1. The molecule has 0 aliphatic heterocycles. The van der Waals surface area contributed by atoms with Gasteiger partial charge in [-0.2, -0.15) is 0 Å². The predicted octanol–water partition coefficient (Wildman–Crippen LogP) is 4.05. The van der Waals surface area contributed by atoms with Gasteiger partial charge in [-0.1, -0.05) is 23.9 Å². The largest absolute Gasteiger partial charge is 0.481 e. The van der Waals surface area contributed by atoms with Gasteiger partial charge < -0.3 is 9.52 Å². The molecule has 0 spiro atoms. The fourth-order valence-electron chi connectivity index (χ4n) is 1.45. The fourth-order valence-corrected chi connectivity index (χ4v) is 2.29. The third-order valence-electron chi connectivity index (χ3n) is 2.28. The molecule has 0 saturated heterocycles. The minimum Gasteiger partial charge on any atom is -0.481 e. The second-order valence-electron chi connectivity index (χ2n) is 3.75. The van der Waals surface area contributed by atoms with Crippen LogP contribution in [0.5, 0.6) is 0 Å². The van der Waals surface area contributed by atoms with Gasteiger partial charge in [-0.25, -0.2) is 4.98 Å². The Morgan fingerprint density at radius 3 is 2.80 bits per heavy atom. The lowest BCUT2D eigenvalue weighted by Crippen LogP contribution is -1.94.